The molecular formula is C21H29NO3S. The minimum atomic E-state index is -3.58. The van der Waals surface area contributed by atoms with Gasteiger partial charge in [0.15, 0.2) is 0 Å². The van der Waals surface area contributed by atoms with Crippen LogP contribution in [0.5, 0.6) is 0 Å². The van der Waals surface area contributed by atoms with E-state index in [-0.39, 0.29) is 17.4 Å². The van der Waals surface area contributed by atoms with E-state index in [0.717, 1.165) is 17.5 Å². The third kappa shape index (κ3) is 6.24. The van der Waals surface area contributed by atoms with Gasteiger partial charge in [-0.2, -0.15) is 0 Å². The summed E-state index contributed by atoms with van der Waals surface area (Å²) in [6.07, 6.45) is 0.929. The van der Waals surface area contributed by atoms with Crippen molar-refractivity contribution in [1.29, 1.82) is 0 Å². The molecule has 0 amide bonds. The molecule has 0 radical (unpaired) electrons. The summed E-state index contributed by atoms with van der Waals surface area (Å²) in [4.78, 5) is 0.272. The number of nitrogens with one attached hydrogen (secondary N) is 1. The fourth-order valence-corrected chi connectivity index (χ4v) is 4.13. The van der Waals surface area contributed by atoms with Crippen LogP contribution >= 0.6 is 0 Å². The van der Waals surface area contributed by atoms with E-state index in [4.69, 9.17) is 0 Å². The molecule has 2 aromatic carbocycles. The molecule has 0 aliphatic carbocycles. The third-order valence-corrected chi connectivity index (χ3v) is 5.73. The number of aliphatic hydroxyl groups is 1. The highest BCUT2D eigenvalue weighted by molar-refractivity contribution is 7.89. The van der Waals surface area contributed by atoms with Gasteiger partial charge in [-0.05, 0) is 54.9 Å². The molecule has 2 rings (SSSR count). The summed E-state index contributed by atoms with van der Waals surface area (Å²) in [5.74, 6) is 0.453. The molecule has 0 heterocycles. The molecular weight excluding hydrogens is 346 g/mol. The molecule has 0 saturated carbocycles. The predicted molar refractivity (Wildman–Crippen MR) is 106 cm³/mol. The van der Waals surface area contributed by atoms with Crippen LogP contribution in [0.3, 0.4) is 0 Å². The van der Waals surface area contributed by atoms with Gasteiger partial charge < -0.3 is 5.11 Å². The first-order chi connectivity index (χ1) is 12.3. The Labute approximate surface area is 157 Å². The Kier molecular flexibility index (Phi) is 7.38. The lowest BCUT2D eigenvalue weighted by Gasteiger charge is -2.20. The van der Waals surface area contributed by atoms with Gasteiger partial charge in [-0.3, -0.25) is 0 Å². The zero-order valence-electron chi connectivity index (χ0n) is 15.7. The number of benzene rings is 2. The number of hydrogen-bond acceptors (Lipinski definition) is 3. The SMILES string of the molecule is CC(C)Cc1ccc(S(=O)(=O)NC[C@H](C[C@@H](C)O)c2ccccc2)cc1. The molecule has 2 atom stereocenters. The molecule has 4 nitrogen and oxygen atoms in total. The highest BCUT2D eigenvalue weighted by Crippen LogP contribution is 2.22. The first-order valence-electron chi connectivity index (χ1n) is 9.09. The zero-order chi connectivity index (χ0) is 19.2. The van der Waals surface area contributed by atoms with Crippen LogP contribution in [0.15, 0.2) is 59.5 Å². The van der Waals surface area contributed by atoms with Gasteiger partial charge in [-0.25, -0.2) is 13.1 Å². The minimum absolute atomic E-state index is 0.0776. The quantitative estimate of drug-likeness (QED) is 0.702. The zero-order valence-corrected chi connectivity index (χ0v) is 16.5. The summed E-state index contributed by atoms with van der Waals surface area (Å²) in [5.41, 5.74) is 2.15. The van der Waals surface area contributed by atoms with Crippen LogP contribution in [0, 0.1) is 5.92 Å². The van der Waals surface area contributed by atoms with Crippen molar-refractivity contribution in [1.82, 2.24) is 4.72 Å². The van der Waals surface area contributed by atoms with E-state index in [9.17, 15) is 13.5 Å². The second kappa shape index (κ2) is 9.31. The van der Waals surface area contributed by atoms with E-state index in [2.05, 4.69) is 18.6 Å². The molecule has 0 fully saturated rings. The number of rotatable bonds is 9. The lowest BCUT2D eigenvalue weighted by atomic mass is 9.94. The van der Waals surface area contributed by atoms with Crippen LogP contribution in [-0.2, 0) is 16.4 Å². The molecule has 0 bridgehead atoms. The first kappa shape index (κ1) is 20.6. The third-order valence-electron chi connectivity index (χ3n) is 4.29. The molecule has 2 aromatic rings. The second-order valence-electron chi connectivity index (χ2n) is 7.29. The van der Waals surface area contributed by atoms with Gasteiger partial charge in [-0.15, -0.1) is 0 Å². The molecule has 0 unspecified atom stereocenters. The van der Waals surface area contributed by atoms with Crippen LogP contribution in [0.2, 0.25) is 0 Å². The Balaban J connectivity index is 2.09. The average molecular weight is 376 g/mol. The molecule has 0 spiro atoms. The van der Waals surface area contributed by atoms with Gasteiger partial charge in [0.25, 0.3) is 0 Å². The highest BCUT2D eigenvalue weighted by Gasteiger charge is 2.19. The fourth-order valence-electron chi connectivity index (χ4n) is 3.04. The topological polar surface area (TPSA) is 66.4 Å². The molecule has 0 aliphatic rings. The smallest absolute Gasteiger partial charge is 0.240 e. The van der Waals surface area contributed by atoms with E-state index in [1.807, 2.05) is 42.5 Å². The summed E-state index contributed by atoms with van der Waals surface area (Å²) < 4.78 is 27.9. The van der Waals surface area contributed by atoms with E-state index in [0.29, 0.717) is 12.3 Å². The van der Waals surface area contributed by atoms with Crippen molar-refractivity contribution in [3.63, 3.8) is 0 Å². The lowest BCUT2D eigenvalue weighted by molar-refractivity contribution is 0.174. The second-order valence-corrected chi connectivity index (χ2v) is 9.05. The number of hydrogen-bond donors (Lipinski definition) is 2. The lowest BCUT2D eigenvalue weighted by Crippen LogP contribution is -2.29. The summed E-state index contributed by atoms with van der Waals surface area (Å²) in [6, 6.07) is 16.8. The number of sulfonamides is 1. The van der Waals surface area contributed by atoms with Crippen LogP contribution in [-0.4, -0.2) is 26.2 Å². The summed E-state index contributed by atoms with van der Waals surface area (Å²) in [5, 5.41) is 9.76. The van der Waals surface area contributed by atoms with Crippen molar-refractivity contribution < 1.29 is 13.5 Å². The van der Waals surface area contributed by atoms with E-state index in [1.54, 1.807) is 19.1 Å². The molecule has 0 aliphatic heterocycles. The van der Waals surface area contributed by atoms with Gasteiger partial charge >= 0.3 is 0 Å². The Morgan fingerprint density at radius 3 is 2.12 bits per heavy atom. The first-order valence-corrected chi connectivity index (χ1v) is 10.6. The van der Waals surface area contributed by atoms with Gasteiger partial charge in [0.05, 0.1) is 11.0 Å². The van der Waals surface area contributed by atoms with Gasteiger partial charge in [-0.1, -0.05) is 56.3 Å². The fraction of sp³-hybridized carbons (Fsp3) is 0.429. The summed E-state index contributed by atoms with van der Waals surface area (Å²) in [6.45, 7) is 6.25. The average Bonchev–Trinajstić information content (AvgIpc) is 2.59. The van der Waals surface area contributed by atoms with Gasteiger partial charge in [0, 0.05) is 6.54 Å². The molecule has 142 valence electrons. The molecule has 2 N–H and O–H groups in total. The number of aliphatic hydroxyl groups excluding tert-OH is 1. The molecule has 0 saturated heterocycles. The van der Waals surface area contributed by atoms with Crippen molar-refractivity contribution in [2.24, 2.45) is 5.92 Å². The predicted octanol–water partition coefficient (Wildman–Crippen LogP) is 3.72. The molecule has 5 heteroatoms. The summed E-state index contributed by atoms with van der Waals surface area (Å²) >= 11 is 0. The normalized spacial score (nSPS) is 14.3. The molecule has 26 heavy (non-hydrogen) atoms. The van der Waals surface area contributed by atoms with Crippen LogP contribution in [0.25, 0.3) is 0 Å². The van der Waals surface area contributed by atoms with Crippen LogP contribution < -0.4 is 4.72 Å². The van der Waals surface area contributed by atoms with Crippen molar-refractivity contribution in [3.05, 3.63) is 65.7 Å². The Morgan fingerprint density at radius 1 is 0.962 bits per heavy atom. The van der Waals surface area contributed by atoms with Crippen LogP contribution in [0.4, 0.5) is 0 Å². The maximum Gasteiger partial charge on any atom is 0.240 e. The Bertz CT molecular complexity index is 769. The van der Waals surface area contributed by atoms with Crippen molar-refractivity contribution in [3.8, 4) is 0 Å². The summed E-state index contributed by atoms with van der Waals surface area (Å²) in [7, 11) is -3.58. The van der Waals surface area contributed by atoms with Gasteiger partial charge in [0.2, 0.25) is 10.0 Å². The largest absolute Gasteiger partial charge is 0.393 e. The van der Waals surface area contributed by atoms with Crippen molar-refractivity contribution in [2.75, 3.05) is 6.54 Å². The maximum atomic E-state index is 12.6. The van der Waals surface area contributed by atoms with Crippen molar-refractivity contribution in [2.45, 2.75) is 50.5 Å². The Hall–Kier alpha value is -1.69. The highest BCUT2D eigenvalue weighted by atomic mass is 32.2. The monoisotopic (exact) mass is 375 g/mol. The molecule has 0 aromatic heterocycles. The van der Waals surface area contributed by atoms with Gasteiger partial charge in [0.1, 0.15) is 0 Å². The van der Waals surface area contributed by atoms with Crippen LogP contribution in [0.1, 0.15) is 44.2 Å². The van der Waals surface area contributed by atoms with Crippen molar-refractivity contribution >= 4 is 10.0 Å². The van der Waals surface area contributed by atoms with E-state index < -0.39 is 16.1 Å². The Morgan fingerprint density at radius 2 is 1.58 bits per heavy atom. The maximum absolute atomic E-state index is 12.6. The van der Waals surface area contributed by atoms with E-state index >= 15 is 0 Å². The van der Waals surface area contributed by atoms with E-state index in [1.165, 1.54) is 0 Å². The minimum Gasteiger partial charge on any atom is -0.393 e. The standard InChI is InChI=1S/C21H29NO3S/c1-16(2)13-18-9-11-21(12-10-18)26(24,25)22-15-20(14-17(3)23)19-7-5-4-6-8-19/h4-12,16-17,20,22-23H,13-15H2,1-3H3/t17-,20+/m1/s1.